The number of likely N-dealkylation sites (tertiary alicyclic amines) is 1. The molecule has 3 rings (SSSR count). The highest BCUT2D eigenvalue weighted by Crippen LogP contribution is 2.21. The zero-order valence-electron chi connectivity index (χ0n) is 14.2. The first-order chi connectivity index (χ1) is 11.2. The number of nitrogens with one attached hydrogen (secondary N) is 1. The second-order valence-corrected chi connectivity index (χ2v) is 6.40. The van der Waals surface area contributed by atoms with Crippen LogP contribution in [0.15, 0.2) is 48.3 Å². The maximum atomic E-state index is 5.87. The predicted octanol–water partition coefficient (Wildman–Crippen LogP) is 3.68. The smallest absolute Gasteiger partial charge is 0.119 e. The van der Waals surface area contributed by atoms with Crippen LogP contribution in [-0.4, -0.2) is 30.6 Å². The average molecular weight is 313 g/mol. The molecule has 4 heteroatoms. The van der Waals surface area contributed by atoms with Crippen molar-refractivity contribution in [2.75, 3.05) is 24.7 Å². The lowest BCUT2D eigenvalue weighted by molar-refractivity contribution is 0.230. The summed E-state index contributed by atoms with van der Waals surface area (Å²) in [6, 6.07) is 8.98. The highest BCUT2D eigenvalue weighted by Gasteiger charge is 2.19. The number of benzene rings is 1. The van der Waals surface area contributed by atoms with Crippen LogP contribution in [0.1, 0.15) is 33.1 Å². The number of hydrogen-bond acceptors (Lipinski definition) is 4. The summed E-state index contributed by atoms with van der Waals surface area (Å²) < 4.78 is 5.87. The van der Waals surface area contributed by atoms with Crippen molar-refractivity contribution in [3.63, 3.8) is 0 Å². The largest absolute Gasteiger partial charge is 0.494 e. The molecule has 0 aromatic heterocycles. The van der Waals surface area contributed by atoms with Crippen molar-refractivity contribution >= 4 is 5.69 Å². The van der Waals surface area contributed by atoms with Gasteiger partial charge < -0.3 is 9.64 Å². The van der Waals surface area contributed by atoms with Gasteiger partial charge in [-0.25, -0.2) is 0 Å². The van der Waals surface area contributed by atoms with Gasteiger partial charge in [0.25, 0.3) is 0 Å². The molecule has 1 fully saturated rings. The first-order valence-corrected chi connectivity index (χ1v) is 8.60. The van der Waals surface area contributed by atoms with Gasteiger partial charge in [0, 0.05) is 24.5 Å². The quantitative estimate of drug-likeness (QED) is 0.811. The molecule has 1 atom stereocenters. The Morgan fingerprint density at radius 2 is 2.09 bits per heavy atom. The fraction of sp³-hybridized carbons (Fsp3) is 0.474. The number of anilines is 1. The molecule has 1 aromatic carbocycles. The van der Waals surface area contributed by atoms with E-state index in [1.165, 1.54) is 19.4 Å². The Morgan fingerprint density at radius 1 is 1.26 bits per heavy atom. The minimum Gasteiger partial charge on any atom is -0.494 e. The molecule has 124 valence electrons. The monoisotopic (exact) mass is 313 g/mol. The molecule has 1 saturated heterocycles. The molecular weight excluding hydrogens is 286 g/mol. The van der Waals surface area contributed by atoms with Gasteiger partial charge in [-0.2, -0.15) is 0 Å². The topological polar surface area (TPSA) is 27.7 Å². The van der Waals surface area contributed by atoms with E-state index in [-0.39, 0.29) is 0 Å². The highest BCUT2D eigenvalue weighted by atomic mass is 16.5. The standard InChI is InChI=1S/C19H27N3O/c1-16-6-3-14-22(20-16)18-8-10-19(11-9-18)23-15-5-13-21-12-4-7-17(21)2/h3,6,8-11,14,17,20H,4-5,7,12-13,15H2,1-2H3/t17-/m1/s1. The van der Waals surface area contributed by atoms with E-state index in [0.717, 1.165) is 42.7 Å². The maximum absolute atomic E-state index is 5.87. The molecule has 0 bridgehead atoms. The number of hydrazine groups is 1. The molecule has 2 aliphatic rings. The zero-order chi connectivity index (χ0) is 16.1. The van der Waals surface area contributed by atoms with Crippen LogP contribution >= 0.6 is 0 Å². The Balaban J connectivity index is 1.43. The van der Waals surface area contributed by atoms with Gasteiger partial charge in [-0.05, 0) is 76.1 Å². The summed E-state index contributed by atoms with van der Waals surface area (Å²) in [7, 11) is 0. The van der Waals surface area contributed by atoms with E-state index < -0.39 is 0 Å². The Kier molecular flexibility index (Phi) is 5.23. The third-order valence-corrected chi connectivity index (χ3v) is 4.54. The lowest BCUT2D eigenvalue weighted by Crippen LogP contribution is -2.33. The number of nitrogens with zero attached hydrogens (tertiary/aromatic N) is 2. The Hall–Kier alpha value is -1.94. The molecule has 1 aromatic rings. The van der Waals surface area contributed by atoms with Crippen molar-refractivity contribution in [1.82, 2.24) is 10.3 Å². The number of rotatable bonds is 6. The van der Waals surface area contributed by atoms with Gasteiger partial charge in [-0.3, -0.25) is 10.4 Å². The van der Waals surface area contributed by atoms with Crippen LogP contribution in [0.5, 0.6) is 5.75 Å². The minimum atomic E-state index is 0.747. The molecule has 2 aliphatic heterocycles. The molecule has 0 aliphatic carbocycles. The van der Waals surface area contributed by atoms with E-state index in [4.69, 9.17) is 4.74 Å². The van der Waals surface area contributed by atoms with Gasteiger partial charge in [0.2, 0.25) is 0 Å². The number of ether oxygens (including phenoxy) is 1. The highest BCUT2D eigenvalue weighted by molar-refractivity contribution is 5.52. The normalized spacial score (nSPS) is 21.2. The van der Waals surface area contributed by atoms with Crippen molar-refractivity contribution in [3.05, 3.63) is 48.3 Å². The molecule has 0 saturated carbocycles. The van der Waals surface area contributed by atoms with Crippen molar-refractivity contribution in [2.24, 2.45) is 0 Å². The first kappa shape index (κ1) is 15.9. The molecule has 2 heterocycles. The summed E-state index contributed by atoms with van der Waals surface area (Å²) in [6.45, 7) is 7.56. The van der Waals surface area contributed by atoms with E-state index in [0.29, 0.717) is 0 Å². The predicted molar refractivity (Wildman–Crippen MR) is 95.3 cm³/mol. The van der Waals surface area contributed by atoms with Gasteiger partial charge in [-0.1, -0.05) is 0 Å². The van der Waals surface area contributed by atoms with Gasteiger partial charge in [0.05, 0.1) is 12.3 Å². The van der Waals surface area contributed by atoms with Crippen molar-refractivity contribution in [3.8, 4) is 5.75 Å². The summed E-state index contributed by atoms with van der Waals surface area (Å²) in [5.74, 6) is 0.941. The molecule has 0 unspecified atom stereocenters. The van der Waals surface area contributed by atoms with Crippen molar-refractivity contribution < 1.29 is 4.74 Å². The Bertz CT molecular complexity index is 564. The molecule has 0 radical (unpaired) electrons. The fourth-order valence-electron chi connectivity index (χ4n) is 3.17. The summed E-state index contributed by atoms with van der Waals surface area (Å²) in [4.78, 5) is 2.57. The van der Waals surface area contributed by atoms with Crippen LogP contribution in [0.2, 0.25) is 0 Å². The van der Waals surface area contributed by atoms with E-state index in [2.05, 4.69) is 42.4 Å². The Labute approximate surface area is 139 Å². The van der Waals surface area contributed by atoms with E-state index >= 15 is 0 Å². The van der Waals surface area contributed by atoms with Crippen LogP contribution < -0.4 is 15.2 Å². The zero-order valence-corrected chi connectivity index (χ0v) is 14.2. The third kappa shape index (κ3) is 4.29. The lowest BCUT2D eigenvalue weighted by Gasteiger charge is -2.25. The first-order valence-electron chi connectivity index (χ1n) is 8.60. The van der Waals surface area contributed by atoms with Gasteiger partial charge in [0.15, 0.2) is 0 Å². The molecule has 4 nitrogen and oxygen atoms in total. The van der Waals surface area contributed by atoms with Crippen LogP contribution in [-0.2, 0) is 0 Å². The molecule has 1 N–H and O–H groups in total. The molecule has 23 heavy (non-hydrogen) atoms. The van der Waals surface area contributed by atoms with Gasteiger partial charge >= 0.3 is 0 Å². The van der Waals surface area contributed by atoms with Crippen LogP contribution in [0.3, 0.4) is 0 Å². The molecule has 0 amide bonds. The van der Waals surface area contributed by atoms with Crippen molar-refractivity contribution in [2.45, 2.75) is 39.2 Å². The maximum Gasteiger partial charge on any atom is 0.119 e. The SMILES string of the molecule is CC1=CC=CN(c2ccc(OCCCN3CCC[C@H]3C)cc2)N1. The summed E-state index contributed by atoms with van der Waals surface area (Å²) in [6.07, 6.45) is 9.88. The van der Waals surface area contributed by atoms with Crippen LogP contribution in [0, 0.1) is 0 Å². The van der Waals surface area contributed by atoms with Crippen LogP contribution in [0.4, 0.5) is 5.69 Å². The van der Waals surface area contributed by atoms with E-state index in [1.54, 1.807) is 0 Å². The number of allylic oxidation sites excluding steroid dienone is 3. The van der Waals surface area contributed by atoms with Crippen LogP contribution in [0.25, 0.3) is 0 Å². The fourth-order valence-corrected chi connectivity index (χ4v) is 3.17. The Morgan fingerprint density at radius 3 is 2.78 bits per heavy atom. The lowest BCUT2D eigenvalue weighted by atomic mass is 10.2. The average Bonchev–Trinajstić information content (AvgIpc) is 2.97. The van der Waals surface area contributed by atoms with Gasteiger partial charge in [-0.15, -0.1) is 0 Å². The van der Waals surface area contributed by atoms with E-state index in [9.17, 15) is 0 Å². The summed E-state index contributed by atoms with van der Waals surface area (Å²) in [5, 5.41) is 2.01. The second-order valence-electron chi connectivity index (χ2n) is 6.40. The van der Waals surface area contributed by atoms with E-state index in [1.807, 2.05) is 29.4 Å². The number of hydrogen-bond donors (Lipinski definition) is 1. The second kappa shape index (κ2) is 7.55. The molecular formula is C19H27N3O. The third-order valence-electron chi connectivity index (χ3n) is 4.54. The summed E-state index contributed by atoms with van der Waals surface area (Å²) in [5.41, 5.74) is 5.53. The summed E-state index contributed by atoms with van der Waals surface area (Å²) >= 11 is 0. The molecule has 0 spiro atoms. The van der Waals surface area contributed by atoms with Gasteiger partial charge in [0.1, 0.15) is 5.75 Å². The van der Waals surface area contributed by atoms with Crippen molar-refractivity contribution in [1.29, 1.82) is 0 Å². The minimum absolute atomic E-state index is 0.747.